The van der Waals surface area contributed by atoms with Gasteiger partial charge in [-0.25, -0.2) is 0 Å². The molecule has 0 spiro atoms. The zero-order chi connectivity index (χ0) is 13.4. The van der Waals surface area contributed by atoms with Gasteiger partial charge in [-0.2, -0.15) is 0 Å². The highest BCUT2D eigenvalue weighted by atomic mass is 16.5. The minimum absolute atomic E-state index is 0.265. The molecule has 2 atom stereocenters. The molecule has 3 nitrogen and oxygen atoms in total. The van der Waals surface area contributed by atoms with Crippen molar-refractivity contribution in [2.45, 2.75) is 25.3 Å². The van der Waals surface area contributed by atoms with Gasteiger partial charge in [0.1, 0.15) is 5.75 Å². The van der Waals surface area contributed by atoms with Gasteiger partial charge >= 0.3 is 0 Å². The lowest BCUT2D eigenvalue weighted by Crippen LogP contribution is -2.39. The van der Waals surface area contributed by atoms with Crippen molar-refractivity contribution in [2.24, 2.45) is 5.92 Å². The van der Waals surface area contributed by atoms with Crippen LogP contribution in [-0.4, -0.2) is 30.5 Å². The Labute approximate surface area is 113 Å². The molecule has 1 saturated heterocycles. The van der Waals surface area contributed by atoms with Crippen LogP contribution in [0.2, 0.25) is 0 Å². The SMILES string of the molecule is C=CCN1C(=O)C[C@@H]2Cc3c(cccc3OC)C[C@@H]21. The molecule has 19 heavy (non-hydrogen) atoms. The molecule has 1 aromatic carbocycles. The number of hydrogen-bond donors (Lipinski definition) is 0. The van der Waals surface area contributed by atoms with E-state index in [1.807, 2.05) is 23.1 Å². The smallest absolute Gasteiger partial charge is 0.223 e. The highest BCUT2D eigenvalue weighted by Gasteiger charge is 2.42. The number of rotatable bonds is 3. The predicted octanol–water partition coefficient (Wildman–Crippen LogP) is 2.20. The lowest BCUT2D eigenvalue weighted by Gasteiger charge is -2.33. The number of hydrogen-bond acceptors (Lipinski definition) is 2. The lowest BCUT2D eigenvalue weighted by molar-refractivity contribution is -0.128. The average molecular weight is 257 g/mol. The number of nitrogens with zero attached hydrogens (tertiary/aromatic N) is 1. The number of likely N-dealkylation sites (tertiary alicyclic amines) is 1. The van der Waals surface area contributed by atoms with E-state index in [9.17, 15) is 4.79 Å². The molecule has 1 aliphatic heterocycles. The third kappa shape index (κ3) is 1.93. The van der Waals surface area contributed by atoms with E-state index in [-0.39, 0.29) is 5.91 Å². The molecule has 1 heterocycles. The minimum Gasteiger partial charge on any atom is -0.496 e. The Kier molecular flexibility index (Phi) is 3.05. The van der Waals surface area contributed by atoms with E-state index < -0.39 is 0 Å². The fraction of sp³-hybridized carbons (Fsp3) is 0.438. The van der Waals surface area contributed by atoms with Gasteiger partial charge in [-0.3, -0.25) is 4.79 Å². The topological polar surface area (TPSA) is 29.5 Å². The van der Waals surface area contributed by atoms with Crippen molar-refractivity contribution in [3.63, 3.8) is 0 Å². The maximum atomic E-state index is 12.1. The maximum absolute atomic E-state index is 12.1. The lowest BCUT2D eigenvalue weighted by atomic mass is 9.80. The summed E-state index contributed by atoms with van der Waals surface area (Å²) < 4.78 is 5.45. The van der Waals surface area contributed by atoms with Gasteiger partial charge in [0.05, 0.1) is 7.11 Å². The van der Waals surface area contributed by atoms with Crippen molar-refractivity contribution in [2.75, 3.05) is 13.7 Å². The molecule has 1 amide bonds. The fourth-order valence-corrected chi connectivity index (χ4v) is 3.49. The zero-order valence-electron chi connectivity index (χ0n) is 11.3. The first kappa shape index (κ1) is 12.3. The van der Waals surface area contributed by atoms with Crippen molar-refractivity contribution >= 4 is 5.91 Å². The molecule has 0 aromatic heterocycles. The van der Waals surface area contributed by atoms with Gasteiger partial charge in [0, 0.05) is 19.0 Å². The second-order valence-electron chi connectivity index (χ2n) is 5.37. The van der Waals surface area contributed by atoms with Crippen LogP contribution in [-0.2, 0) is 17.6 Å². The van der Waals surface area contributed by atoms with E-state index in [1.54, 1.807) is 7.11 Å². The van der Waals surface area contributed by atoms with Gasteiger partial charge in [-0.05, 0) is 36.0 Å². The first-order valence-electron chi connectivity index (χ1n) is 6.79. The van der Waals surface area contributed by atoms with Gasteiger partial charge in [0.15, 0.2) is 0 Å². The fourth-order valence-electron chi connectivity index (χ4n) is 3.49. The third-order valence-electron chi connectivity index (χ3n) is 4.37. The molecule has 0 unspecified atom stereocenters. The quantitative estimate of drug-likeness (QED) is 0.777. The summed E-state index contributed by atoms with van der Waals surface area (Å²) in [6, 6.07) is 6.54. The monoisotopic (exact) mass is 257 g/mol. The van der Waals surface area contributed by atoms with Crippen molar-refractivity contribution in [3.8, 4) is 5.75 Å². The van der Waals surface area contributed by atoms with Crippen LogP contribution in [0.1, 0.15) is 17.5 Å². The number of carbonyl (C=O) groups excluding carboxylic acids is 1. The Bertz CT molecular complexity index is 523. The minimum atomic E-state index is 0.265. The summed E-state index contributed by atoms with van der Waals surface area (Å²) in [5, 5.41) is 0. The first-order chi connectivity index (χ1) is 9.24. The number of fused-ring (bicyclic) bond motifs is 2. The second-order valence-corrected chi connectivity index (χ2v) is 5.37. The second kappa shape index (κ2) is 4.72. The highest BCUT2D eigenvalue weighted by molar-refractivity contribution is 5.80. The average Bonchev–Trinajstić information content (AvgIpc) is 2.72. The molecular weight excluding hydrogens is 238 g/mol. The van der Waals surface area contributed by atoms with Gasteiger partial charge in [-0.15, -0.1) is 6.58 Å². The van der Waals surface area contributed by atoms with E-state index in [0.717, 1.165) is 18.6 Å². The molecule has 0 saturated carbocycles. The third-order valence-corrected chi connectivity index (χ3v) is 4.37. The first-order valence-corrected chi connectivity index (χ1v) is 6.79. The van der Waals surface area contributed by atoms with Crippen LogP contribution in [0.15, 0.2) is 30.9 Å². The van der Waals surface area contributed by atoms with Crippen LogP contribution in [0.3, 0.4) is 0 Å². The molecule has 100 valence electrons. The van der Waals surface area contributed by atoms with E-state index in [2.05, 4.69) is 12.6 Å². The van der Waals surface area contributed by atoms with Crippen LogP contribution in [0.4, 0.5) is 0 Å². The normalized spacial score (nSPS) is 24.9. The Hall–Kier alpha value is -1.77. The van der Waals surface area contributed by atoms with E-state index in [0.29, 0.717) is 24.9 Å². The summed E-state index contributed by atoms with van der Waals surface area (Å²) in [4.78, 5) is 14.1. The Balaban J connectivity index is 1.93. The number of amides is 1. The number of benzene rings is 1. The Morgan fingerprint density at radius 2 is 2.26 bits per heavy atom. The maximum Gasteiger partial charge on any atom is 0.223 e. The molecule has 0 bridgehead atoms. The van der Waals surface area contributed by atoms with E-state index in [4.69, 9.17) is 4.74 Å². The molecule has 2 aliphatic rings. The molecule has 1 aromatic rings. The van der Waals surface area contributed by atoms with Gasteiger partial charge < -0.3 is 9.64 Å². The van der Waals surface area contributed by atoms with E-state index in [1.165, 1.54) is 11.1 Å². The van der Waals surface area contributed by atoms with Gasteiger partial charge in [0.25, 0.3) is 0 Å². The van der Waals surface area contributed by atoms with Gasteiger partial charge in [-0.1, -0.05) is 18.2 Å². The molecule has 1 aliphatic carbocycles. The van der Waals surface area contributed by atoms with Crippen LogP contribution in [0.25, 0.3) is 0 Å². The van der Waals surface area contributed by atoms with Crippen molar-refractivity contribution in [3.05, 3.63) is 42.0 Å². The summed E-state index contributed by atoms with van der Waals surface area (Å²) >= 11 is 0. The van der Waals surface area contributed by atoms with E-state index >= 15 is 0 Å². The largest absolute Gasteiger partial charge is 0.496 e. The van der Waals surface area contributed by atoms with Crippen molar-refractivity contribution in [1.82, 2.24) is 4.90 Å². The van der Waals surface area contributed by atoms with Crippen LogP contribution < -0.4 is 4.74 Å². The Morgan fingerprint density at radius 3 is 3.00 bits per heavy atom. The molecular formula is C16H19NO2. The number of ether oxygens (including phenoxy) is 1. The number of methoxy groups -OCH3 is 1. The predicted molar refractivity (Wildman–Crippen MR) is 74.2 cm³/mol. The van der Waals surface area contributed by atoms with Crippen LogP contribution in [0.5, 0.6) is 5.75 Å². The number of carbonyl (C=O) groups is 1. The molecule has 1 fully saturated rings. The summed E-state index contributed by atoms with van der Waals surface area (Å²) in [6.07, 6.45) is 4.37. The van der Waals surface area contributed by atoms with Crippen LogP contribution in [0, 0.1) is 5.92 Å². The molecule has 0 radical (unpaired) electrons. The summed E-state index contributed by atoms with van der Waals surface area (Å²) in [5.41, 5.74) is 2.61. The highest BCUT2D eigenvalue weighted by Crippen LogP contribution is 2.39. The standard InChI is InChI=1S/C16H19NO2/c1-3-7-17-14-9-11-5-4-6-15(19-2)13(11)8-12(14)10-16(17)18/h3-6,12,14H,1,7-10H2,2H3/t12-,14-/m0/s1. The van der Waals surface area contributed by atoms with Crippen molar-refractivity contribution in [1.29, 1.82) is 0 Å². The van der Waals surface area contributed by atoms with Crippen LogP contribution >= 0.6 is 0 Å². The molecule has 0 N–H and O–H groups in total. The summed E-state index contributed by atoms with van der Waals surface area (Å²) in [7, 11) is 1.71. The zero-order valence-corrected chi connectivity index (χ0v) is 11.3. The Morgan fingerprint density at radius 1 is 1.42 bits per heavy atom. The summed E-state index contributed by atoms with van der Waals surface area (Å²) in [5.74, 6) is 1.66. The van der Waals surface area contributed by atoms with Crippen molar-refractivity contribution < 1.29 is 9.53 Å². The molecule has 3 rings (SSSR count). The summed E-state index contributed by atoms with van der Waals surface area (Å²) in [6.45, 7) is 4.42. The van der Waals surface area contributed by atoms with Gasteiger partial charge in [0.2, 0.25) is 5.91 Å². The molecule has 3 heteroatoms.